The van der Waals surface area contributed by atoms with Crippen LogP contribution in [0.4, 0.5) is 0 Å². The van der Waals surface area contributed by atoms with Crippen LogP contribution >= 0.6 is 0 Å². The minimum atomic E-state index is -0.805. The van der Waals surface area contributed by atoms with E-state index in [0.717, 1.165) is 44.6 Å². The maximum absolute atomic E-state index is 10.8. The molecular weight excluding hydrogens is 230 g/mol. The van der Waals surface area contributed by atoms with Crippen LogP contribution in [0.1, 0.15) is 31.9 Å². The van der Waals surface area contributed by atoms with Crippen LogP contribution in [0, 0.1) is 0 Å². The molecular formula is C13H23N3O2. The van der Waals surface area contributed by atoms with Gasteiger partial charge in [0.1, 0.15) is 11.3 Å². The predicted molar refractivity (Wildman–Crippen MR) is 69.6 cm³/mol. The zero-order valence-corrected chi connectivity index (χ0v) is 11.5. The Hall–Kier alpha value is -1.07. The second-order valence-corrected chi connectivity index (χ2v) is 5.06. The van der Waals surface area contributed by atoms with Gasteiger partial charge in [0.25, 0.3) is 0 Å². The quantitative estimate of drug-likeness (QED) is 0.873. The van der Waals surface area contributed by atoms with E-state index >= 15 is 0 Å². The first kappa shape index (κ1) is 13.4. The maximum Gasteiger partial charge on any atom is 0.162 e. The summed E-state index contributed by atoms with van der Waals surface area (Å²) in [5, 5.41) is 15.0. The highest BCUT2D eigenvalue weighted by molar-refractivity contribution is 5.31. The highest BCUT2D eigenvalue weighted by Crippen LogP contribution is 2.37. The van der Waals surface area contributed by atoms with Gasteiger partial charge in [-0.05, 0) is 25.8 Å². The molecule has 0 aromatic carbocycles. The molecule has 0 amide bonds. The SMILES string of the molecule is CCCN1CCC(O)(c2c(OC)cnn2C)CC1. The van der Waals surface area contributed by atoms with Crippen LogP contribution < -0.4 is 4.74 Å². The Morgan fingerprint density at radius 3 is 2.67 bits per heavy atom. The molecule has 2 rings (SSSR count). The zero-order chi connectivity index (χ0) is 13.2. The highest BCUT2D eigenvalue weighted by Gasteiger charge is 2.38. The van der Waals surface area contributed by atoms with E-state index in [4.69, 9.17) is 4.74 Å². The summed E-state index contributed by atoms with van der Waals surface area (Å²) < 4.78 is 7.03. The molecule has 1 aliphatic heterocycles. The Labute approximate surface area is 108 Å². The monoisotopic (exact) mass is 253 g/mol. The van der Waals surface area contributed by atoms with E-state index in [1.54, 1.807) is 18.0 Å². The van der Waals surface area contributed by atoms with Crippen LogP contribution in [0.2, 0.25) is 0 Å². The van der Waals surface area contributed by atoms with Gasteiger partial charge in [-0.3, -0.25) is 4.68 Å². The van der Waals surface area contributed by atoms with Gasteiger partial charge in [0.05, 0.1) is 13.3 Å². The largest absolute Gasteiger partial charge is 0.493 e. The molecule has 1 aromatic heterocycles. The van der Waals surface area contributed by atoms with E-state index in [-0.39, 0.29) is 0 Å². The van der Waals surface area contributed by atoms with E-state index < -0.39 is 5.60 Å². The Bertz CT molecular complexity index is 395. The van der Waals surface area contributed by atoms with Gasteiger partial charge >= 0.3 is 0 Å². The summed E-state index contributed by atoms with van der Waals surface area (Å²) in [6.45, 7) is 5.15. The van der Waals surface area contributed by atoms with Crippen molar-refractivity contribution in [1.29, 1.82) is 0 Å². The summed E-state index contributed by atoms with van der Waals surface area (Å²) in [5.41, 5.74) is 0.00189. The number of rotatable bonds is 4. The highest BCUT2D eigenvalue weighted by atomic mass is 16.5. The third kappa shape index (κ3) is 2.37. The second-order valence-electron chi connectivity index (χ2n) is 5.06. The first-order chi connectivity index (χ1) is 8.60. The smallest absolute Gasteiger partial charge is 0.162 e. The lowest BCUT2D eigenvalue weighted by atomic mass is 9.87. The number of likely N-dealkylation sites (tertiary alicyclic amines) is 1. The maximum atomic E-state index is 10.8. The van der Waals surface area contributed by atoms with Gasteiger partial charge in [0, 0.05) is 20.1 Å². The topological polar surface area (TPSA) is 50.5 Å². The Balaban J connectivity index is 2.15. The summed E-state index contributed by atoms with van der Waals surface area (Å²) in [7, 11) is 3.48. The van der Waals surface area contributed by atoms with Gasteiger partial charge in [-0.2, -0.15) is 5.10 Å². The van der Waals surface area contributed by atoms with Crippen LogP contribution in [-0.4, -0.2) is 46.5 Å². The van der Waals surface area contributed by atoms with Crippen molar-refractivity contribution in [2.45, 2.75) is 31.8 Å². The van der Waals surface area contributed by atoms with Crippen LogP contribution in [0.25, 0.3) is 0 Å². The number of aliphatic hydroxyl groups is 1. The van der Waals surface area contributed by atoms with Gasteiger partial charge in [-0.1, -0.05) is 6.92 Å². The minimum absolute atomic E-state index is 0.684. The molecule has 0 radical (unpaired) electrons. The molecule has 2 heterocycles. The Kier molecular flexibility index (Phi) is 3.92. The molecule has 0 spiro atoms. The van der Waals surface area contributed by atoms with Gasteiger partial charge in [0.2, 0.25) is 0 Å². The van der Waals surface area contributed by atoms with Crippen LogP contribution in [-0.2, 0) is 12.6 Å². The van der Waals surface area contributed by atoms with E-state index in [1.165, 1.54) is 0 Å². The molecule has 1 saturated heterocycles. The Morgan fingerprint density at radius 1 is 1.44 bits per heavy atom. The third-order valence-corrected chi connectivity index (χ3v) is 3.79. The number of piperidine rings is 1. The normalized spacial score (nSPS) is 20.0. The van der Waals surface area contributed by atoms with Crippen LogP contribution in [0.3, 0.4) is 0 Å². The minimum Gasteiger partial charge on any atom is -0.493 e. The van der Waals surface area contributed by atoms with Gasteiger partial charge in [-0.25, -0.2) is 0 Å². The molecule has 0 atom stereocenters. The first-order valence-electron chi connectivity index (χ1n) is 6.62. The van der Waals surface area contributed by atoms with Crippen molar-refractivity contribution in [2.75, 3.05) is 26.7 Å². The molecule has 1 N–H and O–H groups in total. The molecule has 1 aromatic rings. The number of aromatic nitrogens is 2. The fourth-order valence-electron chi connectivity index (χ4n) is 2.80. The Morgan fingerprint density at radius 2 is 2.11 bits per heavy atom. The average Bonchev–Trinajstić information content (AvgIpc) is 2.75. The molecule has 1 aliphatic rings. The lowest BCUT2D eigenvalue weighted by Gasteiger charge is -2.38. The molecule has 5 heteroatoms. The van der Waals surface area contributed by atoms with E-state index in [0.29, 0.717) is 5.75 Å². The van der Waals surface area contributed by atoms with E-state index in [2.05, 4.69) is 16.9 Å². The van der Waals surface area contributed by atoms with Gasteiger partial charge in [-0.15, -0.1) is 0 Å². The molecule has 18 heavy (non-hydrogen) atoms. The molecule has 5 nitrogen and oxygen atoms in total. The van der Waals surface area contributed by atoms with Gasteiger partial charge < -0.3 is 14.7 Å². The fraction of sp³-hybridized carbons (Fsp3) is 0.769. The standard InChI is InChI=1S/C13H23N3O2/c1-4-7-16-8-5-13(17,6-9-16)12-11(18-3)10-14-15(12)2/h10,17H,4-9H2,1-3H3. The van der Waals surface area contributed by atoms with Crippen molar-refractivity contribution in [3.63, 3.8) is 0 Å². The number of methoxy groups -OCH3 is 1. The van der Waals surface area contributed by atoms with Crippen molar-refractivity contribution in [2.24, 2.45) is 7.05 Å². The lowest BCUT2D eigenvalue weighted by molar-refractivity contribution is -0.0334. The summed E-state index contributed by atoms with van der Waals surface area (Å²) in [4.78, 5) is 2.40. The number of hydrogen-bond acceptors (Lipinski definition) is 4. The van der Waals surface area contributed by atoms with E-state index in [9.17, 15) is 5.11 Å². The average molecular weight is 253 g/mol. The van der Waals surface area contributed by atoms with Crippen molar-refractivity contribution in [1.82, 2.24) is 14.7 Å². The van der Waals surface area contributed by atoms with Crippen molar-refractivity contribution in [3.8, 4) is 5.75 Å². The zero-order valence-electron chi connectivity index (χ0n) is 11.5. The van der Waals surface area contributed by atoms with Gasteiger partial charge in [0.15, 0.2) is 5.75 Å². The van der Waals surface area contributed by atoms with Crippen LogP contribution in [0.15, 0.2) is 6.20 Å². The molecule has 102 valence electrons. The molecule has 0 unspecified atom stereocenters. The molecule has 0 aliphatic carbocycles. The summed E-state index contributed by atoms with van der Waals surface area (Å²) in [6.07, 6.45) is 4.31. The summed E-state index contributed by atoms with van der Waals surface area (Å²) in [6, 6.07) is 0. The van der Waals surface area contributed by atoms with Crippen molar-refractivity contribution in [3.05, 3.63) is 11.9 Å². The number of nitrogens with zero attached hydrogens (tertiary/aromatic N) is 3. The molecule has 0 bridgehead atoms. The predicted octanol–water partition coefficient (Wildman–Crippen LogP) is 1.12. The molecule has 0 saturated carbocycles. The van der Waals surface area contributed by atoms with Crippen molar-refractivity contribution >= 4 is 0 Å². The fourth-order valence-corrected chi connectivity index (χ4v) is 2.80. The lowest BCUT2D eigenvalue weighted by Crippen LogP contribution is -2.43. The summed E-state index contributed by atoms with van der Waals surface area (Å²) >= 11 is 0. The number of hydrogen-bond donors (Lipinski definition) is 1. The first-order valence-corrected chi connectivity index (χ1v) is 6.62. The van der Waals surface area contributed by atoms with Crippen LogP contribution in [0.5, 0.6) is 5.75 Å². The third-order valence-electron chi connectivity index (χ3n) is 3.79. The van der Waals surface area contributed by atoms with E-state index in [1.807, 2.05) is 7.05 Å². The summed E-state index contributed by atoms with van der Waals surface area (Å²) in [5.74, 6) is 0.684. The van der Waals surface area contributed by atoms with Crippen molar-refractivity contribution < 1.29 is 9.84 Å². The number of ether oxygens (including phenoxy) is 1. The second kappa shape index (κ2) is 5.28. The number of aryl methyl sites for hydroxylation is 1. The molecule has 1 fully saturated rings.